The van der Waals surface area contributed by atoms with E-state index < -0.39 is 6.10 Å². The van der Waals surface area contributed by atoms with E-state index in [0.29, 0.717) is 19.3 Å². The van der Waals surface area contributed by atoms with Crippen molar-refractivity contribution in [3.63, 3.8) is 0 Å². The fraction of sp³-hybridized carbons (Fsp3) is 0.953. The first-order valence-corrected chi connectivity index (χ1v) is 31.9. The molecule has 0 radical (unpaired) electrons. The van der Waals surface area contributed by atoms with Crippen molar-refractivity contribution in [3.05, 3.63) is 0 Å². The highest BCUT2D eigenvalue weighted by Crippen LogP contribution is 2.19. The van der Waals surface area contributed by atoms with Gasteiger partial charge in [0.15, 0.2) is 6.10 Å². The minimum Gasteiger partial charge on any atom is -0.462 e. The number of hydrogen-bond donors (Lipinski definition) is 0. The lowest BCUT2D eigenvalue weighted by molar-refractivity contribution is -0.167. The maximum atomic E-state index is 12.9. The highest BCUT2D eigenvalue weighted by atomic mass is 16.6. The summed E-state index contributed by atoms with van der Waals surface area (Å²) < 4.78 is 17.0. The third-order valence-electron chi connectivity index (χ3n) is 14.8. The SMILES string of the molecule is CCCCCCCCCCCCCCCCCCCCC(=O)OC[C@H](COC(=O)CCCCCCCCCCCCCCCCC)OC(=O)CCCCCCCCCCCCCCCCCCC(C)C. The van der Waals surface area contributed by atoms with Crippen LogP contribution in [0, 0.1) is 5.92 Å². The van der Waals surface area contributed by atoms with Crippen molar-refractivity contribution < 1.29 is 28.6 Å². The van der Waals surface area contributed by atoms with Gasteiger partial charge >= 0.3 is 17.9 Å². The van der Waals surface area contributed by atoms with Gasteiger partial charge in [0, 0.05) is 19.3 Å². The fourth-order valence-corrected chi connectivity index (χ4v) is 9.99. The molecule has 0 unspecified atom stereocenters. The van der Waals surface area contributed by atoms with Crippen LogP contribution in [0.2, 0.25) is 0 Å². The zero-order chi connectivity index (χ0) is 50.9. The Hall–Kier alpha value is -1.59. The molecule has 6 nitrogen and oxygen atoms in total. The smallest absolute Gasteiger partial charge is 0.306 e. The maximum absolute atomic E-state index is 12.9. The molecule has 0 bridgehead atoms. The van der Waals surface area contributed by atoms with E-state index in [1.54, 1.807) is 0 Å². The molecule has 0 fully saturated rings. The molecule has 1 atom stereocenters. The molecule has 0 aliphatic carbocycles. The first-order chi connectivity index (χ1) is 34.4. The number of unbranched alkanes of at least 4 members (excludes halogenated alkanes) is 46. The van der Waals surface area contributed by atoms with Crippen LogP contribution in [-0.2, 0) is 28.6 Å². The second-order valence-electron chi connectivity index (χ2n) is 22.5. The van der Waals surface area contributed by atoms with Crippen LogP contribution in [0.25, 0.3) is 0 Å². The summed E-state index contributed by atoms with van der Waals surface area (Å²) in [6.45, 7) is 9.10. The van der Waals surface area contributed by atoms with Gasteiger partial charge in [-0.15, -0.1) is 0 Å². The number of ether oxygens (including phenoxy) is 3. The van der Waals surface area contributed by atoms with Crippen LogP contribution in [0.5, 0.6) is 0 Å². The lowest BCUT2D eigenvalue weighted by Gasteiger charge is -2.18. The maximum Gasteiger partial charge on any atom is 0.306 e. The van der Waals surface area contributed by atoms with E-state index in [1.165, 1.54) is 263 Å². The minimum absolute atomic E-state index is 0.0611. The van der Waals surface area contributed by atoms with Gasteiger partial charge in [-0.3, -0.25) is 14.4 Å². The molecule has 0 saturated carbocycles. The van der Waals surface area contributed by atoms with Gasteiger partial charge in [0.2, 0.25) is 0 Å². The number of hydrogen-bond acceptors (Lipinski definition) is 6. The Labute approximate surface area is 438 Å². The molecule has 0 rings (SSSR count). The van der Waals surface area contributed by atoms with Crippen molar-refractivity contribution in [1.29, 1.82) is 0 Å². The van der Waals surface area contributed by atoms with Gasteiger partial charge in [-0.25, -0.2) is 0 Å². The molecule has 0 spiro atoms. The first-order valence-electron chi connectivity index (χ1n) is 31.9. The summed E-state index contributed by atoms with van der Waals surface area (Å²) in [5.41, 5.74) is 0. The van der Waals surface area contributed by atoms with Crippen LogP contribution >= 0.6 is 0 Å². The van der Waals surface area contributed by atoms with Crippen LogP contribution in [0.4, 0.5) is 0 Å². The zero-order valence-corrected chi connectivity index (χ0v) is 48.0. The standard InChI is InChI=1S/C64H124O6/c1-5-7-9-11-13-15-17-19-21-22-23-28-32-36-40-44-48-52-56-63(66)69-59-61(58-68-62(65)55-51-47-43-39-35-31-26-20-18-16-14-12-10-8-6-2)70-64(67)57-53-49-45-41-37-33-29-25-24-27-30-34-38-42-46-50-54-60(3)4/h60-61H,5-59H2,1-4H3/t61-/m0/s1. The predicted octanol–water partition coefficient (Wildman–Crippen LogP) is 21.4. The Morgan fingerprint density at radius 1 is 0.271 bits per heavy atom. The molecule has 0 aliphatic rings. The molecular weight excluding hydrogens is 865 g/mol. The lowest BCUT2D eigenvalue weighted by Crippen LogP contribution is -2.30. The van der Waals surface area contributed by atoms with Crippen molar-refractivity contribution in [2.24, 2.45) is 5.92 Å². The number of rotatable bonds is 59. The summed E-state index contributed by atoms with van der Waals surface area (Å²) in [4.78, 5) is 38.3. The zero-order valence-electron chi connectivity index (χ0n) is 48.0. The van der Waals surface area contributed by atoms with Gasteiger partial charge < -0.3 is 14.2 Å². The van der Waals surface area contributed by atoms with Crippen LogP contribution in [0.1, 0.15) is 368 Å². The molecular formula is C64H124O6. The average Bonchev–Trinajstić information content (AvgIpc) is 3.35. The molecule has 416 valence electrons. The Morgan fingerprint density at radius 3 is 0.700 bits per heavy atom. The fourth-order valence-electron chi connectivity index (χ4n) is 9.99. The van der Waals surface area contributed by atoms with E-state index >= 15 is 0 Å². The summed E-state index contributed by atoms with van der Waals surface area (Å²) >= 11 is 0. The molecule has 0 heterocycles. The quantitative estimate of drug-likeness (QED) is 0.0343. The van der Waals surface area contributed by atoms with Crippen molar-refractivity contribution in [3.8, 4) is 0 Å². The topological polar surface area (TPSA) is 78.9 Å². The van der Waals surface area contributed by atoms with E-state index in [2.05, 4.69) is 27.7 Å². The van der Waals surface area contributed by atoms with E-state index in [-0.39, 0.29) is 31.1 Å². The molecule has 70 heavy (non-hydrogen) atoms. The van der Waals surface area contributed by atoms with E-state index in [9.17, 15) is 14.4 Å². The molecule has 0 aromatic heterocycles. The number of esters is 3. The van der Waals surface area contributed by atoms with Gasteiger partial charge in [0.1, 0.15) is 13.2 Å². The van der Waals surface area contributed by atoms with Crippen LogP contribution in [-0.4, -0.2) is 37.2 Å². The van der Waals surface area contributed by atoms with Crippen LogP contribution in [0.15, 0.2) is 0 Å². The molecule has 0 N–H and O–H groups in total. The number of carbonyl (C=O) groups excluding carboxylic acids is 3. The van der Waals surface area contributed by atoms with Gasteiger partial charge in [0.05, 0.1) is 0 Å². The summed E-state index contributed by atoms with van der Waals surface area (Å²) in [6.07, 6.45) is 65.3. The summed E-state index contributed by atoms with van der Waals surface area (Å²) in [5, 5.41) is 0. The van der Waals surface area contributed by atoms with Gasteiger partial charge in [-0.1, -0.05) is 329 Å². The third kappa shape index (κ3) is 57.3. The van der Waals surface area contributed by atoms with Crippen LogP contribution in [0.3, 0.4) is 0 Å². The summed E-state index contributed by atoms with van der Waals surface area (Å²) in [6, 6.07) is 0. The molecule has 0 aliphatic heterocycles. The largest absolute Gasteiger partial charge is 0.462 e. The average molecular weight is 990 g/mol. The van der Waals surface area contributed by atoms with Crippen molar-refractivity contribution in [1.82, 2.24) is 0 Å². The van der Waals surface area contributed by atoms with Crippen molar-refractivity contribution >= 4 is 17.9 Å². The van der Waals surface area contributed by atoms with Gasteiger partial charge in [-0.05, 0) is 25.2 Å². The third-order valence-corrected chi connectivity index (χ3v) is 14.8. The van der Waals surface area contributed by atoms with Crippen molar-refractivity contribution in [2.45, 2.75) is 374 Å². The van der Waals surface area contributed by atoms with Crippen LogP contribution < -0.4 is 0 Å². The first kappa shape index (κ1) is 68.4. The highest BCUT2D eigenvalue weighted by molar-refractivity contribution is 5.71. The summed E-state index contributed by atoms with van der Waals surface area (Å²) in [7, 11) is 0. The molecule has 0 aromatic carbocycles. The second-order valence-corrected chi connectivity index (χ2v) is 22.5. The molecule has 0 saturated heterocycles. The monoisotopic (exact) mass is 989 g/mol. The lowest BCUT2D eigenvalue weighted by atomic mass is 10.0. The Bertz CT molecular complexity index is 1060. The highest BCUT2D eigenvalue weighted by Gasteiger charge is 2.19. The Kier molecular flexibility index (Phi) is 57.0. The molecule has 0 aromatic rings. The predicted molar refractivity (Wildman–Crippen MR) is 303 cm³/mol. The minimum atomic E-state index is -0.763. The van der Waals surface area contributed by atoms with Crippen molar-refractivity contribution in [2.75, 3.05) is 13.2 Å². The Morgan fingerprint density at radius 2 is 0.471 bits per heavy atom. The molecule has 6 heteroatoms. The normalized spacial score (nSPS) is 12.0. The summed E-state index contributed by atoms with van der Waals surface area (Å²) in [5.74, 6) is 0.0247. The number of carbonyl (C=O) groups is 3. The van der Waals surface area contributed by atoms with Gasteiger partial charge in [0.25, 0.3) is 0 Å². The Balaban J connectivity index is 4.28. The molecule has 0 amide bonds. The van der Waals surface area contributed by atoms with Gasteiger partial charge in [-0.2, -0.15) is 0 Å². The van der Waals surface area contributed by atoms with E-state index in [1.807, 2.05) is 0 Å². The second kappa shape index (κ2) is 58.3. The van der Waals surface area contributed by atoms with E-state index in [0.717, 1.165) is 63.7 Å². The van der Waals surface area contributed by atoms with E-state index in [4.69, 9.17) is 14.2 Å².